The molecule has 1 N–H and O–H groups in total. The van der Waals surface area contributed by atoms with Crippen molar-refractivity contribution in [3.05, 3.63) is 36.1 Å². The van der Waals surface area contributed by atoms with Gasteiger partial charge in [0.05, 0.1) is 0 Å². The molecule has 0 atom stereocenters. The van der Waals surface area contributed by atoms with Crippen LogP contribution < -0.4 is 0 Å². The van der Waals surface area contributed by atoms with E-state index in [0.717, 1.165) is 49.2 Å². The van der Waals surface area contributed by atoms with E-state index in [1.54, 1.807) is 0 Å². The summed E-state index contributed by atoms with van der Waals surface area (Å²) in [6.45, 7) is 7.45. The Kier molecular flexibility index (Phi) is 3.57. The van der Waals surface area contributed by atoms with Gasteiger partial charge in [0.15, 0.2) is 0 Å². The van der Waals surface area contributed by atoms with Gasteiger partial charge in [-0.25, -0.2) is 0 Å². The molecule has 3 nitrogen and oxygen atoms in total. The molecule has 3 heteroatoms. The summed E-state index contributed by atoms with van der Waals surface area (Å²) in [6.07, 6.45) is 1.50. The molecule has 20 heavy (non-hydrogen) atoms. The normalized spacial score (nSPS) is 19.8. The second-order valence-corrected chi connectivity index (χ2v) is 6.37. The van der Waals surface area contributed by atoms with E-state index in [1.807, 2.05) is 30.3 Å². The Morgan fingerprint density at radius 3 is 2.60 bits per heavy atom. The molecule has 0 radical (unpaired) electrons. The summed E-state index contributed by atoms with van der Waals surface area (Å²) in [7, 11) is 0. The van der Waals surface area contributed by atoms with E-state index >= 15 is 0 Å². The molecule has 2 aromatic rings. The first-order chi connectivity index (χ1) is 9.57. The van der Waals surface area contributed by atoms with E-state index in [9.17, 15) is 5.11 Å². The first-order valence-corrected chi connectivity index (χ1v) is 7.51. The average molecular weight is 273 g/mol. The topological polar surface area (TPSA) is 36.6 Å². The van der Waals surface area contributed by atoms with Crippen molar-refractivity contribution in [1.29, 1.82) is 0 Å². The summed E-state index contributed by atoms with van der Waals surface area (Å²) < 4.78 is 5.86. The molecular formula is C17H23NO2. The van der Waals surface area contributed by atoms with Gasteiger partial charge in [0.1, 0.15) is 16.9 Å². The van der Waals surface area contributed by atoms with E-state index in [1.165, 1.54) is 0 Å². The summed E-state index contributed by atoms with van der Waals surface area (Å²) in [6, 6.07) is 9.94. The maximum Gasteiger partial charge on any atom is 0.136 e. The van der Waals surface area contributed by atoms with Crippen LogP contribution in [0.4, 0.5) is 0 Å². The fourth-order valence-corrected chi connectivity index (χ4v) is 3.08. The van der Waals surface area contributed by atoms with Gasteiger partial charge >= 0.3 is 0 Å². The van der Waals surface area contributed by atoms with Gasteiger partial charge in [-0.3, -0.25) is 0 Å². The third kappa shape index (κ3) is 2.60. The second kappa shape index (κ2) is 5.23. The largest absolute Gasteiger partial charge is 0.458 e. The van der Waals surface area contributed by atoms with Gasteiger partial charge in [0.25, 0.3) is 0 Å². The van der Waals surface area contributed by atoms with E-state index in [0.29, 0.717) is 5.92 Å². The number of rotatable bonds is 3. The summed E-state index contributed by atoms with van der Waals surface area (Å²) in [5, 5.41) is 11.9. The van der Waals surface area contributed by atoms with Crippen LogP contribution in [0.5, 0.6) is 0 Å². The monoisotopic (exact) mass is 273 g/mol. The molecular weight excluding hydrogens is 250 g/mol. The molecule has 0 aliphatic carbocycles. The van der Waals surface area contributed by atoms with Crippen molar-refractivity contribution in [1.82, 2.24) is 4.90 Å². The third-order valence-electron chi connectivity index (χ3n) is 4.19. The zero-order valence-corrected chi connectivity index (χ0v) is 12.3. The lowest BCUT2D eigenvalue weighted by molar-refractivity contribution is -0.0427. The number of aliphatic hydroxyl groups is 1. The Morgan fingerprint density at radius 2 is 1.95 bits per heavy atom. The van der Waals surface area contributed by atoms with Crippen molar-refractivity contribution >= 4 is 11.0 Å². The van der Waals surface area contributed by atoms with Crippen molar-refractivity contribution in [3.8, 4) is 0 Å². The molecule has 3 rings (SSSR count). The number of fused-ring (bicyclic) bond motifs is 1. The van der Waals surface area contributed by atoms with Crippen LogP contribution in [0.3, 0.4) is 0 Å². The van der Waals surface area contributed by atoms with Crippen LogP contribution in [-0.4, -0.2) is 29.6 Å². The van der Waals surface area contributed by atoms with Gasteiger partial charge in [-0.15, -0.1) is 0 Å². The van der Waals surface area contributed by atoms with Gasteiger partial charge in [-0.2, -0.15) is 0 Å². The van der Waals surface area contributed by atoms with Crippen LogP contribution >= 0.6 is 0 Å². The molecule has 1 aromatic heterocycles. The van der Waals surface area contributed by atoms with Crippen LogP contribution in [0.1, 0.15) is 32.4 Å². The fraction of sp³-hybridized carbons (Fsp3) is 0.529. The number of para-hydroxylation sites is 1. The van der Waals surface area contributed by atoms with E-state index < -0.39 is 5.60 Å². The number of nitrogens with zero attached hydrogens (tertiary/aromatic N) is 1. The summed E-state index contributed by atoms with van der Waals surface area (Å²) in [4.78, 5) is 2.43. The molecule has 2 heterocycles. The minimum absolute atomic E-state index is 0.674. The standard InChI is InChI=1S/C17H23NO2/c1-13(2)12-18-9-7-17(19,8-10-18)16-11-14-5-3-4-6-15(14)20-16/h3-6,11,13,19H,7-10,12H2,1-2H3. The van der Waals surface area contributed by atoms with Crippen LogP contribution in [0.25, 0.3) is 11.0 Å². The van der Waals surface area contributed by atoms with Crippen molar-refractivity contribution in [2.24, 2.45) is 5.92 Å². The smallest absolute Gasteiger partial charge is 0.136 e. The molecule has 0 spiro atoms. The first kappa shape index (κ1) is 13.7. The maximum atomic E-state index is 10.9. The fourth-order valence-electron chi connectivity index (χ4n) is 3.08. The van der Waals surface area contributed by atoms with Gasteiger partial charge in [-0.1, -0.05) is 32.0 Å². The summed E-state index contributed by atoms with van der Waals surface area (Å²) >= 11 is 0. The van der Waals surface area contributed by atoms with Crippen molar-refractivity contribution < 1.29 is 9.52 Å². The molecule has 108 valence electrons. The molecule has 1 aromatic carbocycles. The molecule has 1 saturated heterocycles. The number of piperidine rings is 1. The van der Waals surface area contributed by atoms with Gasteiger partial charge in [0.2, 0.25) is 0 Å². The quantitative estimate of drug-likeness (QED) is 0.931. The Morgan fingerprint density at radius 1 is 1.25 bits per heavy atom. The number of furan rings is 1. The third-order valence-corrected chi connectivity index (χ3v) is 4.19. The molecule has 1 aliphatic heterocycles. The highest BCUT2D eigenvalue weighted by Crippen LogP contribution is 2.36. The second-order valence-electron chi connectivity index (χ2n) is 6.37. The SMILES string of the molecule is CC(C)CN1CCC(O)(c2cc3ccccc3o2)CC1. The predicted octanol–water partition coefficient (Wildman–Crippen LogP) is 3.37. The molecule has 1 fully saturated rings. The van der Waals surface area contributed by atoms with Crippen molar-refractivity contribution in [2.75, 3.05) is 19.6 Å². The Bertz CT molecular complexity index is 546. The Balaban J connectivity index is 1.76. The molecule has 0 saturated carbocycles. The van der Waals surface area contributed by atoms with E-state index in [4.69, 9.17) is 4.42 Å². The summed E-state index contributed by atoms with van der Waals surface area (Å²) in [5.74, 6) is 1.40. The van der Waals surface area contributed by atoms with Gasteiger partial charge < -0.3 is 14.4 Å². The minimum atomic E-state index is -0.799. The van der Waals surface area contributed by atoms with Crippen LogP contribution in [0.2, 0.25) is 0 Å². The lowest BCUT2D eigenvalue weighted by Gasteiger charge is -2.37. The lowest BCUT2D eigenvalue weighted by atomic mass is 9.88. The van der Waals surface area contributed by atoms with E-state index in [2.05, 4.69) is 18.7 Å². The maximum absolute atomic E-state index is 10.9. The van der Waals surface area contributed by atoms with Gasteiger partial charge in [-0.05, 0) is 30.9 Å². The zero-order chi connectivity index (χ0) is 14.2. The van der Waals surface area contributed by atoms with Crippen molar-refractivity contribution in [2.45, 2.75) is 32.3 Å². The van der Waals surface area contributed by atoms with Crippen LogP contribution in [0, 0.1) is 5.92 Å². The highest BCUT2D eigenvalue weighted by atomic mass is 16.4. The number of likely N-dealkylation sites (tertiary alicyclic amines) is 1. The molecule has 1 aliphatic rings. The minimum Gasteiger partial charge on any atom is -0.458 e. The molecule has 0 unspecified atom stereocenters. The van der Waals surface area contributed by atoms with Crippen LogP contribution in [0.15, 0.2) is 34.7 Å². The molecule has 0 amide bonds. The van der Waals surface area contributed by atoms with Crippen molar-refractivity contribution in [3.63, 3.8) is 0 Å². The number of benzene rings is 1. The highest BCUT2D eigenvalue weighted by molar-refractivity contribution is 5.77. The zero-order valence-electron chi connectivity index (χ0n) is 12.3. The first-order valence-electron chi connectivity index (χ1n) is 7.51. The summed E-state index contributed by atoms with van der Waals surface area (Å²) in [5.41, 5.74) is 0.0625. The highest BCUT2D eigenvalue weighted by Gasteiger charge is 2.36. The van der Waals surface area contributed by atoms with Gasteiger partial charge in [0, 0.05) is 25.0 Å². The van der Waals surface area contributed by atoms with E-state index in [-0.39, 0.29) is 0 Å². The van der Waals surface area contributed by atoms with Crippen LogP contribution in [-0.2, 0) is 5.60 Å². The molecule has 0 bridgehead atoms. The lowest BCUT2D eigenvalue weighted by Crippen LogP contribution is -2.43. The Hall–Kier alpha value is -1.32. The predicted molar refractivity (Wildman–Crippen MR) is 80.6 cm³/mol. The number of hydrogen-bond donors (Lipinski definition) is 1. The number of hydrogen-bond acceptors (Lipinski definition) is 3. The Labute approximate surface area is 120 Å². The average Bonchev–Trinajstić information content (AvgIpc) is 2.86.